The molecule has 0 aliphatic carbocycles. The number of hydrogen-bond acceptors (Lipinski definition) is 4. The number of nitrogen functional groups attached to an aromatic ring is 1. The van der Waals surface area contributed by atoms with Gasteiger partial charge in [-0.3, -0.25) is 4.79 Å². The van der Waals surface area contributed by atoms with Crippen LogP contribution in [0.5, 0.6) is 0 Å². The second-order valence-corrected chi connectivity index (χ2v) is 4.53. The Hall–Kier alpha value is -1.88. The lowest BCUT2D eigenvalue weighted by molar-refractivity contribution is 0.0954. The summed E-state index contributed by atoms with van der Waals surface area (Å²) in [6.07, 6.45) is 2.53. The van der Waals surface area contributed by atoms with E-state index >= 15 is 0 Å². The zero-order valence-electron chi connectivity index (χ0n) is 9.22. The molecular formula is C12H13N3OS. The van der Waals surface area contributed by atoms with Crippen molar-refractivity contribution in [3.05, 3.63) is 46.4 Å². The fourth-order valence-corrected chi connectivity index (χ4v) is 2.02. The third-order valence-corrected chi connectivity index (χ3v) is 3.12. The van der Waals surface area contributed by atoms with Crippen LogP contribution in [0.1, 0.15) is 15.4 Å². The molecule has 0 saturated carbocycles. The molecule has 2 aromatic rings. The van der Waals surface area contributed by atoms with E-state index < -0.39 is 0 Å². The van der Waals surface area contributed by atoms with Gasteiger partial charge in [-0.25, -0.2) is 4.98 Å². The maximum absolute atomic E-state index is 11.7. The summed E-state index contributed by atoms with van der Waals surface area (Å²) in [6.45, 7) is 0.594. The number of anilines is 1. The third-order valence-electron chi connectivity index (χ3n) is 2.28. The zero-order valence-corrected chi connectivity index (χ0v) is 10.0. The number of hydrogen-bond donors (Lipinski definition) is 2. The Balaban J connectivity index is 1.83. The van der Waals surface area contributed by atoms with E-state index in [9.17, 15) is 4.79 Å². The minimum Gasteiger partial charge on any atom is -0.399 e. The van der Waals surface area contributed by atoms with Crippen LogP contribution in [0.15, 0.2) is 35.8 Å². The Morgan fingerprint density at radius 1 is 1.35 bits per heavy atom. The summed E-state index contributed by atoms with van der Waals surface area (Å²) < 4.78 is 0. The molecule has 4 nitrogen and oxygen atoms in total. The number of aromatic nitrogens is 1. The number of benzene rings is 1. The standard InChI is InChI=1S/C12H13N3OS/c13-10-3-1-9(2-4-10)12(16)15-6-5-11-14-7-8-17-11/h1-4,7-8H,5-6,13H2,(H,15,16). The molecule has 0 atom stereocenters. The SMILES string of the molecule is Nc1ccc(C(=O)NCCc2nccs2)cc1. The van der Waals surface area contributed by atoms with Gasteiger partial charge >= 0.3 is 0 Å². The van der Waals surface area contributed by atoms with Crippen molar-refractivity contribution in [3.63, 3.8) is 0 Å². The number of carbonyl (C=O) groups is 1. The summed E-state index contributed by atoms with van der Waals surface area (Å²) in [7, 11) is 0. The smallest absolute Gasteiger partial charge is 0.251 e. The Bertz CT molecular complexity index is 479. The molecule has 0 saturated heterocycles. The molecule has 88 valence electrons. The number of nitrogens with one attached hydrogen (secondary N) is 1. The highest BCUT2D eigenvalue weighted by Crippen LogP contribution is 2.06. The maximum atomic E-state index is 11.7. The lowest BCUT2D eigenvalue weighted by Crippen LogP contribution is -2.25. The quantitative estimate of drug-likeness (QED) is 0.808. The number of rotatable bonds is 4. The molecule has 2 rings (SSSR count). The molecule has 0 bridgehead atoms. The van der Waals surface area contributed by atoms with Gasteiger partial charge in [0.25, 0.3) is 5.91 Å². The fourth-order valence-electron chi connectivity index (χ4n) is 1.40. The highest BCUT2D eigenvalue weighted by atomic mass is 32.1. The van der Waals surface area contributed by atoms with Crippen LogP contribution in [0.3, 0.4) is 0 Å². The van der Waals surface area contributed by atoms with Gasteiger partial charge in [0.05, 0.1) is 5.01 Å². The largest absolute Gasteiger partial charge is 0.399 e. The topological polar surface area (TPSA) is 68.0 Å². The van der Waals surface area contributed by atoms with Gasteiger partial charge in [-0.2, -0.15) is 0 Å². The molecule has 0 spiro atoms. The molecule has 0 radical (unpaired) electrons. The molecule has 1 aromatic heterocycles. The molecular weight excluding hydrogens is 234 g/mol. The molecule has 5 heteroatoms. The Kier molecular flexibility index (Phi) is 3.72. The molecule has 17 heavy (non-hydrogen) atoms. The van der Waals surface area contributed by atoms with Crippen LogP contribution in [0.4, 0.5) is 5.69 Å². The molecule has 0 unspecified atom stereocenters. The van der Waals surface area contributed by atoms with E-state index in [1.54, 1.807) is 41.8 Å². The second-order valence-electron chi connectivity index (χ2n) is 3.55. The molecule has 3 N–H and O–H groups in total. The van der Waals surface area contributed by atoms with Crippen LogP contribution >= 0.6 is 11.3 Å². The lowest BCUT2D eigenvalue weighted by Gasteiger charge is -2.04. The minimum absolute atomic E-state index is 0.0819. The minimum atomic E-state index is -0.0819. The van der Waals surface area contributed by atoms with E-state index in [1.165, 1.54) is 0 Å². The first kappa shape index (κ1) is 11.6. The van der Waals surface area contributed by atoms with Gasteiger partial charge in [0.15, 0.2) is 0 Å². The summed E-state index contributed by atoms with van der Waals surface area (Å²) in [6, 6.07) is 6.87. The molecule has 1 amide bonds. The predicted octanol–water partition coefficient (Wildman–Crippen LogP) is 1.70. The number of thiazole rings is 1. The Morgan fingerprint density at radius 2 is 2.12 bits per heavy atom. The number of nitrogens with zero attached hydrogens (tertiary/aromatic N) is 1. The van der Waals surface area contributed by atoms with Gasteiger partial charge < -0.3 is 11.1 Å². The second kappa shape index (κ2) is 5.45. The van der Waals surface area contributed by atoms with Crippen LogP contribution in [-0.2, 0) is 6.42 Å². The Labute approximate surface area is 103 Å². The number of carbonyl (C=O) groups excluding carboxylic acids is 1. The van der Waals surface area contributed by atoms with Gasteiger partial charge in [0.2, 0.25) is 0 Å². The van der Waals surface area contributed by atoms with Crippen LogP contribution < -0.4 is 11.1 Å². The number of amides is 1. The van der Waals surface area contributed by atoms with Crippen LogP contribution in [0.25, 0.3) is 0 Å². The van der Waals surface area contributed by atoms with Gasteiger partial charge in [0.1, 0.15) is 0 Å². The zero-order chi connectivity index (χ0) is 12.1. The third kappa shape index (κ3) is 3.29. The lowest BCUT2D eigenvalue weighted by atomic mass is 10.2. The van der Waals surface area contributed by atoms with Crippen molar-refractivity contribution in [2.24, 2.45) is 0 Å². The summed E-state index contributed by atoms with van der Waals surface area (Å²) in [4.78, 5) is 15.9. The summed E-state index contributed by atoms with van der Waals surface area (Å²) in [5.41, 5.74) is 6.83. The van der Waals surface area contributed by atoms with Gasteiger partial charge in [-0.15, -0.1) is 11.3 Å². The van der Waals surface area contributed by atoms with Crippen LogP contribution in [0.2, 0.25) is 0 Å². The van der Waals surface area contributed by atoms with Gasteiger partial charge in [-0.05, 0) is 24.3 Å². The molecule has 1 heterocycles. The van der Waals surface area contributed by atoms with Crippen molar-refractivity contribution in [1.29, 1.82) is 0 Å². The van der Waals surface area contributed by atoms with Crippen molar-refractivity contribution < 1.29 is 4.79 Å². The first-order valence-electron chi connectivity index (χ1n) is 5.28. The predicted molar refractivity (Wildman–Crippen MR) is 69.0 cm³/mol. The maximum Gasteiger partial charge on any atom is 0.251 e. The van der Waals surface area contributed by atoms with Crippen molar-refractivity contribution in [2.75, 3.05) is 12.3 Å². The monoisotopic (exact) mass is 247 g/mol. The first-order chi connectivity index (χ1) is 8.25. The van der Waals surface area contributed by atoms with E-state index in [4.69, 9.17) is 5.73 Å². The summed E-state index contributed by atoms with van der Waals surface area (Å²) in [5.74, 6) is -0.0819. The van der Waals surface area contributed by atoms with Crippen molar-refractivity contribution >= 4 is 22.9 Å². The average Bonchev–Trinajstić information content (AvgIpc) is 2.83. The molecule has 0 aliphatic heterocycles. The Morgan fingerprint density at radius 3 is 2.76 bits per heavy atom. The van der Waals surface area contributed by atoms with Gasteiger partial charge in [-0.1, -0.05) is 0 Å². The van der Waals surface area contributed by atoms with E-state index in [0.29, 0.717) is 17.8 Å². The van der Waals surface area contributed by atoms with Crippen molar-refractivity contribution in [3.8, 4) is 0 Å². The highest BCUT2D eigenvalue weighted by molar-refractivity contribution is 7.09. The normalized spacial score (nSPS) is 10.1. The van der Waals surface area contributed by atoms with E-state index in [0.717, 1.165) is 11.4 Å². The average molecular weight is 247 g/mol. The first-order valence-corrected chi connectivity index (χ1v) is 6.16. The molecule has 0 fully saturated rings. The summed E-state index contributed by atoms with van der Waals surface area (Å²) in [5, 5.41) is 5.80. The van der Waals surface area contributed by atoms with Crippen LogP contribution in [0, 0.1) is 0 Å². The van der Waals surface area contributed by atoms with Crippen LogP contribution in [-0.4, -0.2) is 17.4 Å². The number of nitrogens with two attached hydrogens (primary N) is 1. The molecule has 0 aliphatic rings. The van der Waals surface area contributed by atoms with Crippen molar-refractivity contribution in [1.82, 2.24) is 10.3 Å². The van der Waals surface area contributed by atoms with Crippen molar-refractivity contribution in [2.45, 2.75) is 6.42 Å². The van der Waals surface area contributed by atoms with Gasteiger partial charge in [0, 0.05) is 35.8 Å². The highest BCUT2D eigenvalue weighted by Gasteiger charge is 2.04. The summed E-state index contributed by atoms with van der Waals surface area (Å²) >= 11 is 1.59. The van der Waals surface area contributed by atoms with E-state index in [1.807, 2.05) is 5.38 Å². The van der Waals surface area contributed by atoms with E-state index in [2.05, 4.69) is 10.3 Å². The van der Waals surface area contributed by atoms with E-state index in [-0.39, 0.29) is 5.91 Å². The molecule has 1 aromatic carbocycles. The fraction of sp³-hybridized carbons (Fsp3) is 0.167.